The van der Waals surface area contributed by atoms with Crippen LogP contribution in [0.4, 0.5) is 5.00 Å². The Labute approximate surface area is 126 Å². The molecule has 0 aliphatic rings. The topological polar surface area (TPSA) is 92.7 Å². The Morgan fingerprint density at radius 1 is 1.24 bits per heavy atom. The van der Waals surface area contributed by atoms with Crippen molar-refractivity contribution in [3.8, 4) is 0 Å². The molecule has 0 spiro atoms. The first-order valence-electron chi connectivity index (χ1n) is 6.25. The zero-order valence-corrected chi connectivity index (χ0v) is 13.0. The molecule has 21 heavy (non-hydrogen) atoms. The summed E-state index contributed by atoms with van der Waals surface area (Å²) < 4.78 is 5.16. The number of anilines is 1. The Balaban J connectivity index is 3.02. The van der Waals surface area contributed by atoms with Gasteiger partial charge >= 0.3 is 11.9 Å². The van der Waals surface area contributed by atoms with Crippen molar-refractivity contribution in [1.29, 1.82) is 0 Å². The van der Waals surface area contributed by atoms with Crippen molar-refractivity contribution in [3.63, 3.8) is 0 Å². The summed E-state index contributed by atoms with van der Waals surface area (Å²) in [6, 6.07) is 0. The molecule has 114 valence electrons. The number of esters is 1. The number of aryl methyl sites for hydroxylation is 1. The standard InChI is InChI=1S/C14H17NO5S/c1-7(2)20-14(19)12-8(3)9(4)21-13(12)15-10(16)5-6-11(17)18/h5-7H,1-4H3,(H,15,16)(H,17,18)/b6-5+. The number of ether oxygens (including phenoxy) is 1. The van der Waals surface area contributed by atoms with Crippen molar-refractivity contribution in [2.24, 2.45) is 0 Å². The highest BCUT2D eigenvalue weighted by atomic mass is 32.1. The van der Waals surface area contributed by atoms with Crippen LogP contribution in [0.5, 0.6) is 0 Å². The molecule has 1 heterocycles. The average Bonchev–Trinajstić information content (AvgIpc) is 2.61. The van der Waals surface area contributed by atoms with Gasteiger partial charge in [0.1, 0.15) is 5.00 Å². The van der Waals surface area contributed by atoms with Crippen LogP contribution in [0.3, 0.4) is 0 Å². The lowest BCUT2D eigenvalue weighted by Crippen LogP contribution is -2.15. The normalized spacial score (nSPS) is 10.9. The Morgan fingerprint density at radius 3 is 2.38 bits per heavy atom. The summed E-state index contributed by atoms with van der Waals surface area (Å²) in [6.07, 6.45) is 1.35. The van der Waals surface area contributed by atoms with E-state index in [0.29, 0.717) is 10.6 Å². The molecule has 7 heteroatoms. The first kappa shape index (κ1) is 16.9. The van der Waals surface area contributed by atoms with E-state index in [-0.39, 0.29) is 6.10 Å². The minimum absolute atomic E-state index is 0.271. The Morgan fingerprint density at radius 2 is 1.86 bits per heavy atom. The highest BCUT2D eigenvalue weighted by Crippen LogP contribution is 2.33. The molecule has 0 radical (unpaired) electrons. The zero-order valence-electron chi connectivity index (χ0n) is 12.2. The number of carboxylic acids is 1. The van der Waals surface area contributed by atoms with Crippen molar-refractivity contribution in [2.45, 2.75) is 33.8 Å². The van der Waals surface area contributed by atoms with Gasteiger partial charge in [-0.2, -0.15) is 0 Å². The molecule has 0 saturated heterocycles. The van der Waals surface area contributed by atoms with Gasteiger partial charge in [-0.1, -0.05) is 0 Å². The van der Waals surface area contributed by atoms with Crippen LogP contribution in [0, 0.1) is 13.8 Å². The molecule has 6 nitrogen and oxygen atoms in total. The zero-order chi connectivity index (χ0) is 16.2. The van der Waals surface area contributed by atoms with Crippen LogP contribution >= 0.6 is 11.3 Å². The van der Waals surface area contributed by atoms with Gasteiger partial charge in [-0.15, -0.1) is 11.3 Å². The van der Waals surface area contributed by atoms with Crippen LogP contribution < -0.4 is 5.32 Å². The minimum Gasteiger partial charge on any atom is -0.478 e. The van der Waals surface area contributed by atoms with Crippen LogP contribution in [0.15, 0.2) is 12.2 Å². The second-order valence-corrected chi connectivity index (χ2v) is 5.83. The second kappa shape index (κ2) is 7.03. The van der Waals surface area contributed by atoms with Gasteiger partial charge in [-0.25, -0.2) is 9.59 Å². The van der Waals surface area contributed by atoms with Gasteiger partial charge < -0.3 is 15.2 Å². The number of aliphatic carboxylic acids is 1. The molecule has 1 amide bonds. The van der Waals surface area contributed by atoms with Gasteiger partial charge in [0.05, 0.1) is 11.7 Å². The van der Waals surface area contributed by atoms with E-state index in [1.807, 2.05) is 6.92 Å². The minimum atomic E-state index is -1.22. The summed E-state index contributed by atoms with van der Waals surface area (Å²) in [5, 5.41) is 11.3. The van der Waals surface area contributed by atoms with Crippen LogP contribution in [-0.2, 0) is 14.3 Å². The van der Waals surface area contributed by atoms with E-state index in [0.717, 1.165) is 22.6 Å². The maximum atomic E-state index is 12.1. The van der Waals surface area contributed by atoms with E-state index in [1.54, 1.807) is 20.8 Å². The Kier molecular flexibility index (Phi) is 5.66. The van der Waals surface area contributed by atoms with E-state index >= 15 is 0 Å². The lowest BCUT2D eigenvalue weighted by Gasteiger charge is -2.09. The summed E-state index contributed by atoms with van der Waals surface area (Å²) in [5.41, 5.74) is 1.05. The molecule has 1 aromatic heterocycles. The third kappa shape index (κ3) is 4.71. The molecule has 0 aliphatic heterocycles. The summed E-state index contributed by atoms with van der Waals surface area (Å²) in [6.45, 7) is 7.07. The smallest absolute Gasteiger partial charge is 0.341 e. The van der Waals surface area contributed by atoms with Gasteiger partial charge in [0.25, 0.3) is 0 Å². The van der Waals surface area contributed by atoms with E-state index in [4.69, 9.17) is 9.84 Å². The van der Waals surface area contributed by atoms with Gasteiger partial charge in [0, 0.05) is 17.0 Å². The van der Waals surface area contributed by atoms with Gasteiger partial charge in [0.15, 0.2) is 0 Å². The average molecular weight is 311 g/mol. The number of hydrogen-bond donors (Lipinski definition) is 2. The summed E-state index contributed by atoms with van der Waals surface area (Å²) in [7, 11) is 0. The molecule has 0 fully saturated rings. The molecule has 0 aliphatic carbocycles. The monoisotopic (exact) mass is 311 g/mol. The molecule has 2 N–H and O–H groups in total. The molecule has 1 rings (SSSR count). The molecule has 0 aromatic carbocycles. The third-order valence-corrected chi connectivity index (χ3v) is 3.67. The predicted octanol–water partition coefficient (Wildman–Crippen LogP) is 2.51. The molecule has 0 atom stereocenters. The van der Waals surface area contributed by atoms with E-state index < -0.39 is 17.8 Å². The highest BCUT2D eigenvalue weighted by molar-refractivity contribution is 7.16. The molecule has 1 aromatic rings. The van der Waals surface area contributed by atoms with Crippen LogP contribution in [0.25, 0.3) is 0 Å². The summed E-state index contributed by atoms with van der Waals surface area (Å²) in [5.74, 6) is -2.34. The summed E-state index contributed by atoms with van der Waals surface area (Å²) in [4.78, 5) is 35.0. The fourth-order valence-corrected chi connectivity index (χ4v) is 2.59. The number of nitrogens with one attached hydrogen (secondary N) is 1. The van der Waals surface area contributed by atoms with Crippen molar-refractivity contribution in [1.82, 2.24) is 0 Å². The summed E-state index contributed by atoms with van der Waals surface area (Å²) >= 11 is 1.24. The first-order chi connectivity index (χ1) is 9.72. The maximum absolute atomic E-state index is 12.1. The van der Waals surface area contributed by atoms with E-state index in [1.165, 1.54) is 11.3 Å². The van der Waals surface area contributed by atoms with Gasteiger partial charge in [-0.3, -0.25) is 4.79 Å². The molecule has 0 unspecified atom stereocenters. The first-order valence-corrected chi connectivity index (χ1v) is 7.07. The number of carbonyl (C=O) groups is 3. The lowest BCUT2D eigenvalue weighted by molar-refractivity contribution is -0.131. The van der Waals surface area contributed by atoms with Crippen molar-refractivity contribution in [2.75, 3.05) is 5.32 Å². The fraction of sp³-hybridized carbons (Fsp3) is 0.357. The molecular weight excluding hydrogens is 294 g/mol. The van der Waals surface area contributed by atoms with Crippen LogP contribution in [-0.4, -0.2) is 29.1 Å². The quantitative estimate of drug-likeness (QED) is 0.644. The number of hydrogen-bond acceptors (Lipinski definition) is 5. The van der Waals surface area contributed by atoms with Crippen LogP contribution in [0.1, 0.15) is 34.6 Å². The largest absolute Gasteiger partial charge is 0.478 e. The second-order valence-electron chi connectivity index (χ2n) is 4.60. The highest BCUT2D eigenvalue weighted by Gasteiger charge is 2.22. The van der Waals surface area contributed by atoms with Crippen LogP contribution in [0.2, 0.25) is 0 Å². The number of rotatable bonds is 5. The lowest BCUT2D eigenvalue weighted by atomic mass is 10.1. The van der Waals surface area contributed by atoms with Crippen molar-refractivity contribution in [3.05, 3.63) is 28.2 Å². The van der Waals surface area contributed by atoms with Gasteiger partial charge in [-0.05, 0) is 33.3 Å². The maximum Gasteiger partial charge on any atom is 0.341 e. The van der Waals surface area contributed by atoms with Crippen molar-refractivity contribution >= 4 is 34.2 Å². The predicted molar refractivity (Wildman–Crippen MR) is 79.8 cm³/mol. The third-order valence-electron chi connectivity index (χ3n) is 2.55. The Hall–Kier alpha value is -2.15. The van der Waals surface area contributed by atoms with Gasteiger partial charge in [0.2, 0.25) is 5.91 Å². The molecule has 0 saturated carbocycles. The SMILES string of the molecule is Cc1sc(NC(=O)/C=C/C(=O)O)c(C(=O)OC(C)C)c1C. The number of thiophene rings is 1. The number of carboxylic acid groups (broad SMARTS) is 1. The van der Waals surface area contributed by atoms with E-state index in [2.05, 4.69) is 5.32 Å². The fourth-order valence-electron chi connectivity index (χ4n) is 1.53. The number of amides is 1. The molecule has 0 bridgehead atoms. The van der Waals surface area contributed by atoms with Crippen molar-refractivity contribution < 1.29 is 24.2 Å². The number of carbonyl (C=O) groups excluding carboxylic acids is 2. The van der Waals surface area contributed by atoms with E-state index in [9.17, 15) is 14.4 Å². The Bertz CT molecular complexity index is 601. The molecular formula is C14H17NO5S.